The van der Waals surface area contributed by atoms with Gasteiger partial charge in [-0.2, -0.15) is 0 Å². The molecule has 2 aromatic carbocycles. The van der Waals surface area contributed by atoms with Crippen LogP contribution < -0.4 is 14.8 Å². The van der Waals surface area contributed by atoms with Gasteiger partial charge in [-0.15, -0.1) is 0 Å². The number of benzene rings is 2. The Kier molecular flexibility index (Phi) is 5.76. The minimum absolute atomic E-state index is 0.0263. The van der Waals surface area contributed by atoms with Gasteiger partial charge >= 0.3 is 0 Å². The molecule has 0 saturated carbocycles. The van der Waals surface area contributed by atoms with Crippen molar-refractivity contribution < 1.29 is 35.0 Å². The minimum atomic E-state index is -3.70. The molecule has 0 saturated heterocycles. The lowest BCUT2D eigenvalue weighted by atomic mass is 10.1. The number of carbonyl (C=O) groups excluding carboxylic acids is 3. The summed E-state index contributed by atoms with van der Waals surface area (Å²) in [5.41, 5.74) is 0.364. The van der Waals surface area contributed by atoms with Crippen molar-refractivity contribution >= 4 is 33.2 Å². The standard InChI is InChI=1S/C22H24N2O7S/c1-5-31-19-11-14(9-10-18(19)30-3)17(12-32(4,28)29)24-21(26)15-7-6-8-16(23-13(2)25)20(15)22(24)27/h6-11,17H,5,12H2,1-4H3,(H,23,25)/t17-/m1/s1/i5D2. The lowest BCUT2D eigenvalue weighted by Gasteiger charge is -2.27. The molecule has 0 fully saturated rings. The zero-order valence-electron chi connectivity index (χ0n) is 20.0. The summed E-state index contributed by atoms with van der Waals surface area (Å²) in [6.07, 6.45) is 0.979. The Morgan fingerprint density at radius 2 is 1.91 bits per heavy atom. The van der Waals surface area contributed by atoms with E-state index in [1.807, 2.05) is 0 Å². The van der Waals surface area contributed by atoms with Crippen LogP contribution in [0.3, 0.4) is 0 Å². The number of hydrogen-bond acceptors (Lipinski definition) is 7. The molecule has 1 atom stereocenters. The van der Waals surface area contributed by atoms with Crippen LogP contribution >= 0.6 is 0 Å². The number of hydrogen-bond donors (Lipinski definition) is 1. The highest BCUT2D eigenvalue weighted by Gasteiger charge is 2.43. The van der Waals surface area contributed by atoms with Crippen LogP contribution in [-0.4, -0.2) is 56.7 Å². The van der Waals surface area contributed by atoms with Gasteiger partial charge in [-0.3, -0.25) is 19.3 Å². The average molecular weight is 463 g/mol. The summed E-state index contributed by atoms with van der Waals surface area (Å²) in [7, 11) is -2.34. The van der Waals surface area contributed by atoms with Gasteiger partial charge in [0, 0.05) is 13.2 Å². The molecule has 1 N–H and O–H groups in total. The second-order valence-electron chi connectivity index (χ2n) is 7.21. The highest BCUT2D eigenvalue weighted by Crippen LogP contribution is 2.38. The highest BCUT2D eigenvalue weighted by atomic mass is 32.2. The summed E-state index contributed by atoms with van der Waals surface area (Å²) >= 11 is 0. The van der Waals surface area contributed by atoms with Gasteiger partial charge in [0.1, 0.15) is 9.84 Å². The molecule has 32 heavy (non-hydrogen) atoms. The van der Waals surface area contributed by atoms with E-state index in [2.05, 4.69) is 5.32 Å². The Morgan fingerprint density at radius 3 is 2.50 bits per heavy atom. The van der Waals surface area contributed by atoms with Crippen molar-refractivity contribution in [3.63, 3.8) is 0 Å². The van der Waals surface area contributed by atoms with Gasteiger partial charge in [-0.25, -0.2) is 8.42 Å². The van der Waals surface area contributed by atoms with Gasteiger partial charge in [0.05, 0.1) is 45.0 Å². The van der Waals surface area contributed by atoms with Crippen molar-refractivity contribution in [2.75, 3.05) is 31.0 Å². The molecule has 170 valence electrons. The maximum Gasteiger partial charge on any atom is 0.264 e. The Hall–Kier alpha value is -3.40. The number of fused-ring (bicyclic) bond motifs is 1. The summed E-state index contributed by atoms with van der Waals surface area (Å²) in [6, 6.07) is 7.41. The fourth-order valence-corrected chi connectivity index (χ4v) is 4.49. The molecule has 0 spiro atoms. The quantitative estimate of drug-likeness (QED) is 0.599. The van der Waals surface area contributed by atoms with Gasteiger partial charge in [0.2, 0.25) is 5.91 Å². The molecule has 0 bridgehead atoms. The zero-order valence-corrected chi connectivity index (χ0v) is 18.8. The molecule has 3 rings (SSSR count). The van der Waals surface area contributed by atoms with Gasteiger partial charge < -0.3 is 14.8 Å². The van der Waals surface area contributed by atoms with Crippen LogP contribution in [0.5, 0.6) is 11.5 Å². The first kappa shape index (κ1) is 20.5. The first-order chi connectivity index (χ1) is 15.7. The van der Waals surface area contributed by atoms with E-state index in [9.17, 15) is 22.8 Å². The van der Waals surface area contributed by atoms with Gasteiger partial charge in [-0.1, -0.05) is 12.1 Å². The summed E-state index contributed by atoms with van der Waals surface area (Å²) in [4.78, 5) is 39.1. The minimum Gasteiger partial charge on any atom is -0.493 e. The van der Waals surface area contributed by atoms with Crippen LogP contribution in [0.1, 0.15) is 48.9 Å². The van der Waals surface area contributed by atoms with E-state index in [1.54, 1.807) is 0 Å². The number of carbonyl (C=O) groups is 3. The van der Waals surface area contributed by atoms with Crippen LogP contribution in [-0.2, 0) is 14.6 Å². The highest BCUT2D eigenvalue weighted by molar-refractivity contribution is 7.90. The van der Waals surface area contributed by atoms with Crippen LogP contribution in [0.4, 0.5) is 5.69 Å². The normalized spacial score (nSPS) is 15.6. The van der Waals surface area contributed by atoms with Crippen molar-refractivity contribution in [2.24, 2.45) is 0 Å². The first-order valence-electron chi connectivity index (χ1n) is 10.5. The topological polar surface area (TPSA) is 119 Å². The molecule has 1 aliphatic rings. The maximum absolute atomic E-state index is 13.4. The number of nitrogens with one attached hydrogen (secondary N) is 1. The van der Waals surface area contributed by atoms with Crippen LogP contribution in [0.25, 0.3) is 0 Å². The average Bonchev–Trinajstić information content (AvgIpc) is 2.95. The van der Waals surface area contributed by atoms with Crippen molar-refractivity contribution in [3.8, 4) is 11.5 Å². The molecule has 10 heteroatoms. The molecular weight excluding hydrogens is 436 g/mol. The molecule has 0 aliphatic carbocycles. The van der Waals surface area contributed by atoms with Crippen molar-refractivity contribution in [1.29, 1.82) is 0 Å². The largest absolute Gasteiger partial charge is 0.493 e. The molecule has 3 amide bonds. The Balaban J connectivity index is 2.14. The van der Waals surface area contributed by atoms with Crippen LogP contribution in [0.15, 0.2) is 36.4 Å². The number of ether oxygens (including phenoxy) is 2. The number of amides is 3. The molecule has 0 aromatic heterocycles. The Bertz CT molecular complexity index is 1270. The third kappa shape index (κ3) is 4.59. The van der Waals surface area contributed by atoms with Crippen molar-refractivity contribution in [1.82, 2.24) is 4.90 Å². The van der Waals surface area contributed by atoms with Crippen LogP contribution in [0.2, 0.25) is 0 Å². The second kappa shape index (κ2) is 8.99. The Morgan fingerprint density at radius 1 is 1.19 bits per heavy atom. The van der Waals surface area contributed by atoms with Crippen molar-refractivity contribution in [3.05, 3.63) is 53.1 Å². The molecule has 0 unspecified atom stereocenters. The summed E-state index contributed by atoms with van der Waals surface area (Å²) in [6.45, 7) is 0.359. The first-order valence-corrected chi connectivity index (χ1v) is 11.6. The molecule has 1 heterocycles. The third-order valence-electron chi connectivity index (χ3n) is 4.81. The van der Waals surface area contributed by atoms with E-state index in [4.69, 9.17) is 12.2 Å². The second-order valence-corrected chi connectivity index (χ2v) is 9.40. The Labute approximate surface area is 189 Å². The molecule has 0 radical (unpaired) electrons. The predicted molar refractivity (Wildman–Crippen MR) is 118 cm³/mol. The summed E-state index contributed by atoms with van der Waals surface area (Å²) < 4.78 is 50.5. The molecular formula is C22H24N2O7S. The van der Waals surface area contributed by atoms with Gasteiger partial charge in [0.15, 0.2) is 11.5 Å². The number of sulfone groups is 1. The molecule has 2 aromatic rings. The lowest BCUT2D eigenvalue weighted by molar-refractivity contribution is -0.114. The number of rotatable bonds is 8. The maximum atomic E-state index is 13.4. The SMILES string of the molecule is [2H]C([2H])(C)Oc1cc([C@@H](CS(C)(=O)=O)N2C(=O)c3cccc(NC(C)=O)c3C2=O)ccc1OC. The monoisotopic (exact) mass is 462 g/mol. The van der Waals surface area contributed by atoms with E-state index in [-0.39, 0.29) is 33.9 Å². The predicted octanol–water partition coefficient (Wildman–Crippen LogP) is 2.43. The number of imide groups is 1. The third-order valence-corrected chi connectivity index (χ3v) is 5.74. The smallest absolute Gasteiger partial charge is 0.264 e. The number of nitrogens with zero attached hydrogens (tertiary/aromatic N) is 1. The van der Waals surface area contributed by atoms with E-state index in [0.29, 0.717) is 0 Å². The van der Waals surface area contributed by atoms with Crippen molar-refractivity contribution in [2.45, 2.75) is 19.9 Å². The number of anilines is 1. The van der Waals surface area contributed by atoms with Gasteiger partial charge in [-0.05, 0) is 36.8 Å². The molecule has 9 nitrogen and oxygen atoms in total. The van der Waals surface area contributed by atoms with E-state index >= 15 is 0 Å². The fourth-order valence-electron chi connectivity index (χ4n) is 3.58. The van der Waals surface area contributed by atoms with E-state index < -0.39 is 45.9 Å². The van der Waals surface area contributed by atoms with Crippen LogP contribution in [0, 0.1) is 0 Å². The van der Waals surface area contributed by atoms with E-state index in [1.165, 1.54) is 57.4 Å². The van der Waals surface area contributed by atoms with E-state index in [0.717, 1.165) is 11.2 Å². The summed E-state index contributed by atoms with van der Waals surface area (Å²) in [5.74, 6) is -2.35. The lowest BCUT2D eigenvalue weighted by Crippen LogP contribution is -2.37. The van der Waals surface area contributed by atoms with Gasteiger partial charge in [0.25, 0.3) is 11.8 Å². The fraction of sp³-hybridized carbons (Fsp3) is 0.318. The zero-order chi connectivity index (χ0) is 25.4. The summed E-state index contributed by atoms with van der Waals surface area (Å²) in [5, 5.41) is 2.52. The number of methoxy groups -OCH3 is 1. The molecule has 1 aliphatic heterocycles.